The quantitative estimate of drug-likeness (QED) is 0.912. The SMILES string of the molecule is CCCN1CCN(c2nc(C(C)C)nc(N)c2C)CC1. The molecule has 1 aromatic rings. The van der Waals surface area contributed by atoms with Gasteiger partial charge in [-0.2, -0.15) is 0 Å². The fourth-order valence-corrected chi connectivity index (χ4v) is 2.60. The van der Waals surface area contributed by atoms with Crippen LogP contribution in [0, 0.1) is 6.92 Å². The van der Waals surface area contributed by atoms with Crippen LogP contribution < -0.4 is 10.6 Å². The summed E-state index contributed by atoms with van der Waals surface area (Å²) in [5, 5.41) is 0. The Morgan fingerprint density at radius 3 is 2.35 bits per heavy atom. The van der Waals surface area contributed by atoms with Crippen LogP contribution in [0.1, 0.15) is 44.5 Å². The Hall–Kier alpha value is -1.36. The third kappa shape index (κ3) is 3.20. The van der Waals surface area contributed by atoms with E-state index in [1.165, 1.54) is 13.0 Å². The van der Waals surface area contributed by atoms with Crippen LogP contribution in [0.15, 0.2) is 0 Å². The largest absolute Gasteiger partial charge is 0.383 e. The maximum Gasteiger partial charge on any atom is 0.137 e. The van der Waals surface area contributed by atoms with E-state index < -0.39 is 0 Å². The summed E-state index contributed by atoms with van der Waals surface area (Å²) in [5.74, 6) is 2.80. The van der Waals surface area contributed by atoms with E-state index in [9.17, 15) is 0 Å². The van der Waals surface area contributed by atoms with Crippen LogP contribution in [0.5, 0.6) is 0 Å². The Morgan fingerprint density at radius 1 is 1.15 bits per heavy atom. The molecule has 0 unspecified atom stereocenters. The lowest BCUT2D eigenvalue weighted by atomic mass is 10.2. The predicted octanol–water partition coefficient (Wildman–Crippen LogP) is 2.02. The van der Waals surface area contributed by atoms with Crippen LogP contribution in [0.25, 0.3) is 0 Å². The third-order valence-electron chi connectivity index (χ3n) is 3.90. The smallest absolute Gasteiger partial charge is 0.137 e. The van der Waals surface area contributed by atoms with Gasteiger partial charge in [-0.1, -0.05) is 20.8 Å². The van der Waals surface area contributed by atoms with E-state index in [0.29, 0.717) is 11.7 Å². The monoisotopic (exact) mass is 277 g/mol. The molecule has 1 aliphatic heterocycles. The normalized spacial score (nSPS) is 16.9. The zero-order valence-corrected chi connectivity index (χ0v) is 13.2. The zero-order valence-electron chi connectivity index (χ0n) is 13.2. The first-order valence-corrected chi connectivity index (χ1v) is 7.64. The average molecular weight is 277 g/mol. The van der Waals surface area contributed by atoms with E-state index in [-0.39, 0.29) is 0 Å². The van der Waals surface area contributed by atoms with Crippen LogP contribution >= 0.6 is 0 Å². The van der Waals surface area contributed by atoms with Gasteiger partial charge in [-0.25, -0.2) is 9.97 Å². The molecule has 5 heteroatoms. The van der Waals surface area contributed by atoms with E-state index in [1.54, 1.807) is 0 Å². The summed E-state index contributed by atoms with van der Waals surface area (Å²) in [6.45, 7) is 13.9. The van der Waals surface area contributed by atoms with Crippen molar-refractivity contribution in [3.63, 3.8) is 0 Å². The van der Waals surface area contributed by atoms with Crippen LogP contribution in [-0.2, 0) is 0 Å². The fraction of sp³-hybridized carbons (Fsp3) is 0.733. The molecule has 0 atom stereocenters. The molecule has 0 bridgehead atoms. The van der Waals surface area contributed by atoms with Crippen molar-refractivity contribution in [2.45, 2.75) is 40.0 Å². The molecule has 5 nitrogen and oxygen atoms in total. The van der Waals surface area contributed by atoms with Gasteiger partial charge in [0.1, 0.15) is 17.5 Å². The van der Waals surface area contributed by atoms with E-state index in [4.69, 9.17) is 10.7 Å². The highest BCUT2D eigenvalue weighted by molar-refractivity contribution is 5.56. The maximum atomic E-state index is 6.05. The summed E-state index contributed by atoms with van der Waals surface area (Å²) in [6.07, 6.45) is 1.22. The molecule has 112 valence electrons. The van der Waals surface area contributed by atoms with Gasteiger partial charge in [-0.15, -0.1) is 0 Å². The van der Waals surface area contributed by atoms with Gasteiger partial charge in [0.15, 0.2) is 0 Å². The minimum Gasteiger partial charge on any atom is -0.383 e. The minimum atomic E-state index is 0.304. The molecule has 0 amide bonds. The van der Waals surface area contributed by atoms with E-state index >= 15 is 0 Å². The molecule has 20 heavy (non-hydrogen) atoms. The van der Waals surface area contributed by atoms with Crippen LogP contribution in [0.3, 0.4) is 0 Å². The van der Waals surface area contributed by atoms with Crippen molar-refractivity contribution in [3.8, 4) is 0 Å². The first-order chi connectivity index (χ1) is 9.52. The summed E-state index contributed by atoms with van der Waals surface area (Å²) < 4.78 is 0. The third-order valence-corrected chi connectivity index (χ3v) is 3.90. The molecule has 1 aromatic heterocycles. The second-order valence-electron chi connectivity index (χ2n) is 5.90. The Balaban J connectivity index is 2.17. The number of aromatic nitrogens is 2. The lowest BCUT2D eigenvalue weighted by molar-refractivity contribution is 0.258. The first kappa shape index (κ1) is 15.0. The van der Waals surface area contributed by atoms with Gasteiger partial charge in [0, 0.05) is 37.7 Å². The number of hydrogen-bond donors (Lipinski definition) is 1. The zero-order chi connectivity index (χ0) is 14.7. The molecule has 0 aliphatic carbocycles. The van der Waals surface area contributed by atoms with Gasteiger partial charge in [-0.3, -0.25) is 4.90 Å². The second kappa shape index (κ2) is 6.39. The Bertz CT molecular complexity index is 450. The van der Waals surface area contributed by atoms with Crippen molar-refractivity contribution in [2.75, 3.05) is 43.4 Å². The molecule has 2 heterocycles. The molecule has 0 saturated carbocycles. The number of anilines is 2. The van der Waals surface area contributed by atoms with Gasteiger partial charge < -0.3 is 10.6 Å². The van der Waals surface area contributed by atoms with Gasteiger partial charge >= 0.3 is 0 Å². The number of nitrogen functional groups attached to an aromatic ring is 1. The maximum absolute atomic E-state index is 6.05. The molecule has 0 aromatic carbocycles. The van der Waals surface area contributed by atoms with Crippen LogP contribution in [0.4, 0.5) is 11.6 Å². The Morgan fingerprint density at radius 2 is 1.80 bits per heavy atom. The van der Waals surface area contributed by atoms with Crippen molar-refractivity contribution in [3.05, 3.63) is 11.4 Å². The highest BCUT2D eigenvalue weighted by Gasteiger charge is 2.21. The van der Waals surface area contributed by atoms with Gasteiger partial charge in [0.2, 0.25) is 0 Å². The number of piperazine rings is 1. The molecule has 2 N–H and O–H groups in total. The second-order valence-corrected chi connectivity index (χ2v) is 5.90. The summed E-state index contributed by atoms with van der Waals surface area (Å²) in [4.78, 5) is 14.0. The number of nitrogens with two attached hydrogens (primary N) is 1. The van der Waals surface area contributed by atoms with Crippen molar-refractivity contribution in [1.29, 1.82) is 0 Å². The molecule has 1 aliphatic rings. The van der Waals surface area contributed by atoms with Crippen molar-refractivity contribution >= 4 is 11.6 Å². The van der Waals surface area contributed by atoms with Crippen molar-refractivity contribution < 1.29 is 0 Å². The molecular weight excluding hydrogens is 250 g/mol. The highest BCUT2D eigenvalue weighted by Crippen LogP contribution is 2.25. The highest BCUT2D eigenvalue weighted by atomic mass is 15.3. The fourth-order valence-electron chi connectivity index (χ4n) is 2.60. The topological polar surface area (TPSA) is 58.3 Å². The Kier molecular flexibility index (Phi) is 4.81. The Labute approximate surface area is 122 Å². The van der Waals surface area contributed by atoms with E-state index in [2.05, 4.69) is 35.6 Å². The molecule has 0 radical (unpaired) electrons. The van der Waals surface area contributed by atoms with Crippen LogP contribution in [0.2, 0.25) is 0 Å². The van der Waals surface area contributed by atoms with Gasteiger partial charge in [-0.05, 0) is 19.9 Å². The number of hydrogen-bond acceptors (Lipinski definition) is 5. The van der Waals surface area contributed by atoms with Gasteiger partial charge in [0.05, 0.1) is 0 Å². The minimum absolute atomic E-state index is 0.304. The van der Waals surface area contributed by atoms with Crippen molar-refractivity contribution in [1.82, 2.24) is 14.9 Å². The average Bonchev–Trinajstić information content (AvgIpc) is 2.43. The van der Waals surface area contributed by atoms with E-state index in [1.807, 2.05) is 6.92 Å². The molecule has 2 rings (SSSR count). The standard InChI is InChI=1S/C15H27N5/c1-5-6-19-7-9-20(10-8-19)15-12(4)13(16)17-14(18-15)11(2)3/h11H,5-10H2,1-4H3,(H2,16,17,18). The lowest BCUT2D eigenvalue weighted by Gasteiger charge is -2.36. The summed E-state index contributed by atoms with van der Waals surface area (Å²) in [6, 6.07) is 0. The summed E-state index contributed by atoms with van der Waals surface area (Å²) in [7, 11) is 0. The number of rotatable bonds is 4. The summed E-state index contributed by atoms with van der Waals surface area (Å²) >= 11 is 0. The molecular formula is C15H27N5. The predicted molar refractivity (Wildman–Crippen MR) is 84.2 cm³/mol. The lowest BCUT2D eigenvalue weighted by Crippen LogP contribution is -2.47. The number of nitrogens with zero attached hydrogens (tertiary/aromatic N) is 4. The molecule has 0 spiro atoms. The summed E-state index contributed by atoms with van der Waals surface area (Å²) in [5.41, 5.74) is 7.07. The molecule has 1 saturated heterocycles. The molecule has 1 fully saturated rings. The first-order valence-electron chi connectivity index (χ1n) is 7.64. The van der Waals surface area contributed by atoms with Gasteiger partial charge in [0.25, 0.3) is 0 Å². The van der Waals surface area contributed by atoms with Crippen LogP contribution in [-0.4, -0.2) is 47.6 Å². The van der Waals surface area contributed by atoms with Crippen molar-refractivity contribution in [2.24, 2.45) is 0 Å². The van der Waals surface area contributed by atoms with E-state index in [0.717, 1.165) is 43.4 Å².